The molecule has 1 aromatic rings. The van der Waals surface area contributed by atoms with Gasteiger partial charge in [-0.15, -0.1) is 0 Å². The molecule has 0 aliphatic heterocycles. The number of hydrogen-bond donors (Lipinski definition) is 1. The Hall–Kier alpha value is -1.81. The van der Waals surface area contributed by atoms with E-state index in [4.69, 9.17) is 5.26 Å². The van der Waals surface area contributed by atoms with Gasteiger partial charge in [-0.05, 0) is 12.1 Å². The van der Waals surface area contributed by atoms with Crippen LogP contribution in [0, 0.1) is 17.1 Å². The lowest BCUT2D eigenvalue weighted by atomic mass is 10.3. The van der Waals surface area contributed by atoms with Crippen LogP contribution in [0.2, 0.25) is 0 Å². The minimum absolute atomic E-state index is 0.0169. The van der Waals surface area contributed by atoms with Gasteiger partial charge in [0.1, 0.15) is 0 Å². The average molecular weight is 244 g/mol. The van der Waals surface area contributed by atoms with Gasteiger partial charge >= 0.3 is 0 Å². The van der Waals surface area contributed by atoms with Crippen LogP contribution in [0.1, 0.15) is 0 Å². The fraction of sp³-hybridized carbons (Fsp3) is 0.222. The van der Waals surface area contributed by atoms with Crippen molar-refractivity contribution in [1.29, 1.82) is 5.26 Å². The van der Waals surface area contributed by atoms with E-state index in [1.807, 2.05) is 0 Å². The number of ether oxygens (including phenoxy) is 1. The number of halogens is 1. The summed E-state index contributed by atoms with van der Waals surface area (Å²) < 4.78 is 42.3. The van der Waals surface area contributed by atoms with Gasteiger partial charge in [0, 0.05) is 6.07 Å². The summed E-state index contributed by atoms with van der Waals surface area (Å²) in [4.78, 5) is 0. The second-order valence-corrected chi connectivity index (χ2v) is 4.59. The molecule has 0 aliphatic carbocycles. The lowest BCUT2D eigenvalue weighted by Crippen LogP contribution is -2.15. The number of sulfonamides is 1. The average Bonchev–Trinajstić information content (AvgIpc) is 2.17. The van der Waals surface area contributed by atoms with E-state index in [1.165, 1.54) is 25.3 Å². The molecule has 0 bridgehead atoms. The number of rotatable bonds is 4. The van der Waals surface area contributed by atoms with Crippen molar-refractivity contribution in [2.45, 2.75) is 0 Å². The highest BCUT2D eigenvalue weighted by molar-refractivity contribution is 7.92. The van der Waals surface area contributed by atoms with E-state index in [0.717, 1.165) is 6.07 Å². The van der Waals surface area contributed by atoms with E-state index >= 15 is 0 Å². The lowest BCUT2D eigenvalue weighted by Gasteiger charge is -2.06. The standard InChI is InChI=1S/C9H9FN2O3S/c1-15-9-3-2-7(6-8(9)10)12-16(13,14)5-4-11/h2-3,6,12H,5H2,1H3. The third-order valence-electron chi connectivity index (χ3n) is 1.68. The molecule has 0 fully saturated rings. The van der Waals surface area contributed by atoms with Crippen LogP contribution in [-0.4, -0.2) is 21.3 Å². The van der Waals surface area contributed by atoms with Crippen LogP contribution in [-0.2, 0) is 10.0 Å². The second-order valence-electron chi connectivity index (χ2n) is 2.87. The first-order chi connectivity index (χ1) is 7.48. The van der Waals surface area contributed by atoms with E-state index in [-0.39, 0.29) is 11.4 Å². The minimum Gasteiger partial charge on any atom is -0.494 e. The number of nitrogens with zero attached hydrogens (tertiary/aromatic N) is 1. The Morgan fingerprint density at radius 3 is 2.75 bits per heavy atom. The molecular formula is C9H9FN2O3S. The third-order valence-corrected chi connectivity index (χ3v) is 2.74. The number of nitriles is 1. The summed E-state index contributed by atoms with van der Waals surface area (Å²) in [5, 5.41) is 8.25. The van der Waals surface area contributed by atoms with E-state index < -0.39 is 21.6 Å². The highest BCUT2D eigenvalue weighted by Crippen LogP contribution is 2.21. The van der Waals surface area contributed by atoms with Crippen molar-refractivity contribution < 1.29 is 17.5 Å². The fourth-order valence-corrected chi connectivity index (χ4v) is 1.76. The molecule has 0 saturated carbocycles. The van der Waals surface area contributed by atoms with Gasteiger partial charge in [-0.3, -0.25) is 4.72 Å². The zero-order valence-corrected chi connectivity index (χ0v) is 9.21. The Labute approximate surface area is 92.5 Å². The van der Waals surface area contributed by atoms with Gasteiger partial charge in [-0.25, -0.2) is 12.8 Å². The van der Waals surface area contributed by atoms with Gasteiger partial charge in [0.15, 0.2) is 17.3 Å². The zero-order chi connectivity index (χ0) is 12.2. The molecule has 1 rings (SSSR count). The fourth-order valence-electron chi connectivity index (χ4n) is 1.03. The highest BCUT2D eigenvalue weighted by Gasteiger charge is 2.11. The van der Waals surface area contributed by atoms with Gasteiger partial charge < -0.3 is 4.74 Å². The Bertz CT molecular complexity index is 522. The number of nitrogens with one attached hydrogen (secondary N) is 1. The van der Waals surface area contributed by atoms with Gasteiger partial charge in [-0.1, -0.05) is 0 Å². The molecule has 0 aliphatic rings. The molecule has 0 atom stereocenters. The number of benzene rings is 1. The molecule has 0 amide bonds. The molecule has 1 aromatic carbocycles. The molecule has 0 spiro atoms. The molecule has 7 heteroatoms. The Morgan fingerprint density at radius 2 is 2.25 bits per heavy atom. The summed E-state index contributed by atoms with van der Waals surface area (Å²) in [5.74, 6) is -1.34. The van der Waals surface area contributed by atoms with Crippen molar-refractivity contribution in [3.05, 3.63) is 24.0 Å². The van der Waals surface area contributed by atoms with E-state index in [9.17, 15) is 12.8 Å². The second kappa shape index (κ2) is 4.81. The first-order valence-corrected chi connectivity index (χ1v) is 5.84. The van der Waals surface area contributed by atoms with Crippen LogP contribution in [0.3, 0.4) is 0 Å². The summed E-state index contributed by atoms with van der Waals surface area (Å²) in [6.45, 7) is 0. The number of anilines is 1. The molecule has 0 heterocycles. The molecule has 0 aromatic heterocycles. The maximum atomic E-state index is 13.2. The van der Waals surface area contributed by atoms with Crippen molar-refractivity contribution in [3.63, 3.8) is 0 Å². The molecule has 86 valence electrons. The van der Waals surface area contributed by atoms with Crippen LogP contribution in [0.5, 0.6) is 5.75 Å². The van der Waals surface area contributed by atoms with Gasteiger partial charge in [0.2, 0.25) is 10.0 Å². The summed E-state index contributed by atoms with van der Waals surface area (Å²) in [7, 11) is -2.44. The smallest absolute Gasteiger partial charge is 0.246 e. The summed E-state index contributed by atoms with van der Waals surface area (Å²) in [6.07, 6.45) is 0. The molecule has 16 heavy (non-hydrogen) atoms. The first-order valence-electron chi connectivity index (χ1n) is 4.19. The Morgan fingerprint density at radius 1 is 1.56 bits per heavy atom. The monoisotopic (exact) mass is 244 g/mol. The Balaban J connectivity index is 2.92. The zero-order valence-electron chi connectivity index (χ0n) is 8.40. The quantitative estimate of drug-likeness (QED) is 0.860. The normalized spacial score (nSPS) is 10.6. The van der Waals surface area contributed by atoms with E-state index in [2.05, 4.69) is 9.46 Å². The first kappa shape index (κ1) is 12.3. The van der Waals surface area contributed by atoms with Crippen LogP contribution in [0.4, 0.5) is 10.1 Å². The van der Waals surface area contributed by atoms with Gasteiger partial charge in [0.05, 0.1) is 18.9 Å². The minimum atomic E-state index is -3.74. The summed E-state index contributed by atoms with van der Waals surface area (Å²) in [5.41, 5.74) is 0.0496. The summed E-state index contributed by atoms with van der Waals surface area (Å²) in [6, 6.07) is 5.11. The van der Waals surface area contributed by atoms with Gasteiger partial charge in [-0.2, -0.15) is 5.26 Å². The van der Waals surface area contributed by atoms with Crippen LogP contribution >= 0.6 is 0 Å². The highest BCUT2D eigenvalue weighted by atomic mass is 32.2. The number of hydrogen-bond acceptors (Lipinski definition) is 4. The van der Waals surface area contributed by atoms with Gasteiger partial charge in [0.25, 0.3) is 0 Å². The summed E-state index contributed by atoms with van der Waals surface area (Å²) >= 11 is 0. The predicted octanol–water partition coefficient (Wildman–Crippen LogP) is 1.10. The lowest BCUT2D eigenvalue weighted by molar-refractivity contribution is 0.387. The van der Waals surface area contributed by atoms with Crippen molar-refractivity contribution in [3.8, 4) is 11.8 Å². The van der Waals surface area contributed by atoms with Crippen molar-refractivity contribution >= 4 is 15.7 Å². The largest absolute Gasteiger partial charge is 0.494 e. The molecular weight excluding hydrogens is 235 g/mol. The van der Waals surface area contributed by atoms with E-state index in [1.54, 1.807) is 0 Å². The number of methoxy groups -OCH3 is 1. The predicted molar refractivity (Wildman–Crippen MR) is 56.0 cm³/mol. The SMILES string of the molecule is COc1ccc(NS(=O)(=O)CC#N)cc1F. The molecule has 0 radical (unpaired) electrons. The van der Waals surface area contributed by atoms with Crippen molar-refractivity contribution in [2.24, 2.45) is 0 Å². The van der Waals surface area contributed by atoms with E-state index in [0.29, 0.717) is 0 Å². The third kappa shape index (κ3) is 3.10. The maximum absolute atomic E-state index is 13.2. The maximum Gasteiger partial charge on any atom is 0.246 e. The van der Waals surface area contributed by atoms with Crippen LogP contribution in [0.15, 0.2) is 18.2 Å². The van der Waals surface area contributed by atoms with Crippen molar-refractivity contribution in [2.75, 3.05) is 17.6 Å². The van der Waals surface area contributed by atoms with Crippen molar-refractivity contribution in [1.82, 2.24) is 0 Å². The van der Waals surface area contributed by atoms with Crippen LogP contribution in [0.25, 0.3) is 0 Å². The topological polar surface area (TPSA) is 79.2 Å². The Kier molecular flexibility index (Phi) is 3.68. The molecule has 1 N–H and O–H groups in total. The molecule has 5 nitrogen and oxygen atoms in total. The molecule has 0 saturated heterocycles. The molecule has 0 unspecified atom stereocenters. The van der Waals surface area contributed by atoms with Crippen LogP contribution < -0.4 is 9.46 Å².